The fourth-order valence-electron chi connectivity index (χ4n) is 6.11. The molecule has 9 heteroatoms. The molecule has 0 spiro atoms. The zero-order chi connectivity index (χ0) is 33.3. The van der Waals surface area contributed by atoms with Crippen LogP contribution in [-0.4, -0.2) is 35.7 Å². The first-order chi connectivity index (χ1) is 22.7. The van der Waals surface area contributed by atoms with Gasteiger partial charge in [-0.05, 0) is 86.4 Å². The zero-order valence-corrected chi connectivity index (χ0v) is 27.6. The monoisotopic (exact) mass is 653 g/mol. The second-order valence-electron chi connectivity index (χ2n) is 12.1. The number of nitrogens with zero attached hydrogens (tertiary/aromatic N) is 1. The number of nitrogens with one attached hydrogen (secondary N) is 2. The van der Waals surface area contributed by atoms with E-state index < -0.39 is 5.91 Å². The van der Waals surface area contributed by atoms with E-state index in [-0.39, 0.29) is 28.6 Å². The van der Waals surface area contributed by atoms with E-state index >= 15 is 0 Å². The number of halogens is 1. The third-order valence-corrected chi connectivity index (χ3v) is 8.84. The molecule has 244 valence electrons. The molecule has 3 amide bonds. The van der Waals surface area contributed by atoms with E-state index in [4.69, 9.17) is 16.0 Å². The molecule has 1 saturated carbocycles. The molecule has 2 N–H and O–H groups in total. The molecule has 1 aliphatic heterocycles. The molecule has 8 nitrogen and oxygen atoms in total. The molecular weight excluding hydrogens is 614 g/mol. The van der Waals surface area contributed by atoms with Gasteiger partial charge in [0.2, 0.25) is 11.8 Å². The maximum absolute atomic E-state index is 12.7. The highest BCUT2D eigenvalue weighted by Gasteiger charge is 2.24. The van der Waals surface area contributed by atoms with Gasteiger partial charge in [-0.3, -0.25) is 19.2 Å². The molecule has 2 heterocycles. The number of anilines is 1. The van der Waals surface area contributed by atoms with Crippen LogP contribution in [0.1, 0.15) is 78.6 Å². The average Bonchev–Trinajstić information content (AvgIpc) is 3.47. The van der Waals surface area contributed by atoms with E-state index in [9.17, 15) is 19.2 Å². The lowest BCUT2D eigenvalue weighted by molar-refractivity contribution is -0.128. The Morgan fingerprint density at radius 2 is 1.72 bits per heavy atom. The number of aryl methyl sites for hydroxylation is 1. The van der Waals surface area contributed by atoms with Gasteiger partial charge in [0.05, 0.1) is 5.39 Å². The Balaban J connectivity index is 0.000000474. The summed E-state index contributed by atoms with van der Waals surface area (Å²) >= 11 is 5.61. The molecule has 4 aromatic rings. The Morgan fingerprint density at radius 1 is 0.979 bits per heavy atom. The molecule has 0 radical (unpaired) electrons. The second-order valence-corrected chi connectivity index (χ2v) is 12.6. The summed E-state index contributed by atoms with van der Waals surface area (Å²) in [5, 5.41) is 6.56. The summed E-state index contributed by atoms with van der Waals surface area (Å²) < 4.78 is 5.67. The minimum absolute atomic E-state index is 0.0463. The van der Waals surface area contributed by atoms with Gasteiger partial charge in [-0.1, -0.05) is 65.2 Å². The molecule has 0 atom stereocenters. The van der Waals surface area contributed by atoms with Gasteiger partial charge in [0.1, 0.15) is 5.58 Å². The van der Waals surface area contributed by atoms with Crippen LogP contribution in [-0.2, 0) is 16.1 Å². The van der Waals surface area contributed by atoms with Gasteiger partial charge in [0.15, 0.2) is 11.2 Å². The summed E-state index contributed by atoms with van der Waals surface area (Å²) in [6.07, 6.45) is 7.64. The molecule has 2 fully saturated rings. The summed E-state index contributed by atoms with van der Waals surface area (Å²) in [6.45, 7) is 5.33. The molecule has 0 unspecified atom stereocenters. The maximum atomic E-state index is 12.7. The molecule has 2 aliphatic rings. The lowest BCUT2D eigenvalue weighted by Gasteiger charge is -2.27. The highest BCUT2D eigenvalue weighted by molar-refractivity contribution is 6.30. The standard InChI is InChI=1S/C31H33N3O5.C7H7Cl/c1-20(35)33-24-12-13-28-26(17-24)27(36)18-29(39-28)31(38)32-15-14-21-8-10-22(11-9-21)25-6-3-2-5-23(25)19-34-16-4-7-30(34)37;1-6-2-4-7(8)5-3-6/h2-3,5-6,12-14,17-18,22H,4,7-11,15-16,19H2,1H3,(H,32,38)(H,33,35);2-5H,1H3. The van der Waals surface area contributed by atoms with Crippen LogP contribution in [0.4, 0.5) is 5.69 Å². The maximum Gasteiger partial charge on any atom is 0.287 e. The molecule has 3 aromatic carbocycles. The van der Waals surface area contributed by atoms with Crippen LogP contribution in [0.25, 0.3) is 11.0 Å². The fraction of sp³-hybridized carbons (Fsp3) is 0.316. The SMILES string of the molecule is CC(=O)Nc1ccc2oc(C(=O)NCC=C3CCC(c4ccccc4CN4CCCC4=O)CC3)cc(=O)c2c1.Cc1ccc(Cl)cc1. The van der Waals surface area contributed by atoms with Gasteiger partial charge in [-0.2, -0.15) is 0 Å². The Hall–Kier alpha value is -4.69. The minimum atomic E-state index is -0.448. The van der Waals surface area contributed by atoms with Crippen LogP contribution < -0.4 is 16.1 Å². The Labute approximate surface area is 279 Å². The molecule has 1 aliphatic carbocycles. The number of allylic oxidation sites excluding steroid dienone is 1. The third-order valence-electron chi connectivity index (χ3n) is 8.59. The number of hydrogen-bond acceptors (Lipinski definition) is 5. The van der Waals surface area contributed by atoms with Crippen molar-refractivity contribution in [2.75, 3.05) is 18.4 Å². The smallest absolute Gasteiger partial charge is 0.287 e. The van der Waals surface area contributed by atoms with E-state index in [1.807, 2.05) is 36.1 Å². The van der Waals surface area contributed by atoms with Crippen molar-refractivity contribution in [1.82, 2.24) is 10.2 Å². The lowest BCUT2D eigenvalue weighted by atomic mass is 9.80. The van der Waals surface area contributed by atoms with Gasteiger partial charge >= 0.3 is 0 Å². The number of fused-ring (bicyclic) bond motifs is 1. The van der Waals surface area contributed by atoms with Gasteiger partial charge < -0.3 is 20.0 Å². The molecule has 1 aromatic heterocycles. The third kappa shape index (κ3) is 9.20. The molecule has 0 bridgehead atoms. The number of carbonyl (C=O) groups excluding carboxylic acids is 3. The number of amides is 3. The summed E-state index contributed by atoms with van der Waals surface area (Å²) in [4.78, 5) is 50.6. The van der Waals surface area contributed by atoms with Crippen LogP contribution in [0, 0.1) is 6.92 Å². The van der Waals surface area contributed by atoms with Crippen molar-refractivity contribution in [2.45, 2.75) is 64.8 Å². The van der Waals surface area contributed by atoms with Crippen molar-refractivity contribution in [2.24, 2.45) is 0 Å². The van der Waals surface area contributed by atoms with Crippen LogP contribution in [0.3, 0.4) is 0 Å². The number of rotatable bonds is 7. The summed E-state index contributed by atoms with van der Waals surface area (Å²) in [7, 11) is 0. The largest absolute Gasteiger partial charge is 0.451 e. The number of likely N-dealkylation sites (tertiary alicyclic amines) is 1. The van der Waals surface area contributed by atoms with E-state index in [1.165, 1.54) is 41.3 Å². The highest BCUT2D eigenvalue weighted by atomic mass is 35.5. The van der Waals surface area contributed by atoms with Crippen LogP contribution in [0.5, 0.6) is 0 Å². The normalized spacial score (nSPS) is 16.0. The first kappa shape index (κ1) is 33.7. The van der Waals surface area contributed by atoms with Crippen molar-refractivity contribution >= 4 is 46.0 Å². The van der Waals surface area contributed by atoms with Crippen LogP contribution in [0.15, 0.2) is 93.7 Å². The van der Waals surface area contributed by atoms with Crippen molar-refractivity contribution in [3.63, 3.8) is 0 Å². The predicted molar refractivity (Wildman–Crippen MR) is 186 cm³/mol. The van der Waals surface area contributed by atoms with Gasteiger partial charge in [-0.15, -0.1) is 0 Å². The van der Waals surface area contributed by atoms with Crippen molar-refractivity contribution in [1.29, 1.82) is 0 Å². The number of carbonyl (C=O) groups is 3. The quantitative estimate of drug-likeness (QED) is 0.200. The minimum Gasteiger partial charge on any atom is -0.451 e. The Bertz CT molecular complexity index is 1820. The molecule has 1 saturated heterocycles. The van der Waals surface area contributed by atoms with E-state index in [1.54, 1.807) is 12.1 Å². The summed E-state index contributed by atoms with van der Waals surface area (Å²) in [6, 6.07) is 22.1. The molecule has 47 heavy (non-hydrogen) atoms. The molecule has 6 rings (SSSR count). The highest BCUT2D eigenvalue weighted by Crippen LogP contribution is 2.37. The van der Waals surface area contributed by atoms with Gasteiger partial charge in [-0.25, -0.2) is 0 Å². The predicted octanol–water partition coefficient (Wildman–Crippen LogP) is 7.54. The average molecular weight is 654 g/mol. The fourth-order valence-corrected chi connectivity index (χ4v) is 6.24. The van der Waals surface area contributed by atoms with Crippen molar-refractivity contribution in [3.8, 4) is 0 Å². The Kier molecular flexibility index (Phi) is 11.3. The van der Waals surface area contributed by atoms with E-state index in [0.717, 1.165) is 43.7 Å². The van der Waals surface area contributed by atoms with Gasteiger partial charge in [0, 0.05) is 49.8 Å². The summed E-state index contributed by atoms with van der Waals surface area (Å²) in [5.74, 6) is -0.0216. The topological polar surface area (TPSA) is 109 Å². The summed E-state index contributed by atoms with van der Waals surface area (Å²) in [5.41, 5.74) is 5.58. The first-order valence-corrected chi connectivity index (χ1v) is 16.4. The van der Waals surface area contributed by atoms with Crippen LogP contribution >= 0.6 is 11.6 Å². The van der Waals surface area contributed by atoms with E-state index in [0.29, 0.717) is 36.5 Å². The second kappa shape index (κ2) is 15.7. The number of benzene rings is 3. The van der Waals surface area contributed by atoms with E-state index in [2.05, 4.69) is 41.0 Å². The Morgan fingerprint density at radius 3 is 2.40 bits per heavy atom. The first-order valence-electron chi connectivity index (χ1n) is 16.1. The number of hydrogen-bond donors (Lipinski definition) is 2. The zero-order valence-electron chi connectivity index (χ0n) is 26.8. The van der Waals surface area contributed by atoms with Crippen molar-refractivity contribution in [3.05, 3.63) is 122 Å². The molecular formula is C38H40ClN3O5. The van der Waals surface area contributed by atoms with Crippen molar-refractivity contribution < 1.29 is 18.8 Å². The lowest BCUT2D eigenvalue weighted by Crippen LogP contribution is -2.25. The van der Waals surface area contributed by atoms with Gasteiger partial charge in [0.25, 0.3) is 5.91 Å². The van der Waals surface area contributed by atoms with Crippen LogP contribution in [0.2, 0.25) is 5.02 Å².